The largest absolute Gasteiger partial charge is 0.312 e. The number of piperazine rings is 1. The predicted molar refractivity (Wildman–Crippen MR) is 68.8 cm³/mol. The van der Waals surface area contributed by atoms with E-state index in [9.17, 15) is 0 Å². The Balaban J connectivity index is 1.81. The zero-order valence-electron chi connectivity index (χ0n) is 11.1. The molecule has 0 amide bonds. The standard InChI is InChI=1S/C13H27N3/c1-4-13(9-14-12-5-6-12)16-8-7-15(3)10-11(16)2/h11-14H,4-10H2,1-3H3. The van der Waals surface area contributed by atoms with Crippen molar-refractivity contribution < 1.29 is 0 Å². The maximum atomic E-state index is 3.68. The van der Waals surface area contributed by atoms with E-state index in [1.807, 2.05) is 0 Å². The monoisotopic (exact) mass is 225 g/mol. The van der Waals surface area contributed by atoms with E-state index in [1.54, 1.807) is 0 Å². The van der Waals surface area contributed by atoms with E-state index in [-0.39, 0.29) is 0 Å². The van der Waals surface area contributed by atoms with Crippen molar-refractivity contribution in [2.24, 2.45) is 0 Å². The molecular weight excluding hydrogens is 198 g/mol. The first-order valence-corrected chi connectivity index (χ1v) is 6.88. The van der Waals surface area contributed by atoms with Gasteiger partial charge in [0.2, 0.25) is 0 Å². The number of hydrogen-bond acceptors (Lipinski definition) is 3. The molecule has 2 atom stereocenters. The highest BCUT2D eigenvalue weighted by Crippen LogP contribution is 2.20. The van der Waals surface area contributed by atoms with Gasteiger partial charge in [-0.2, -0.15) is 0 Å². The minimum absolute atomic E-state index is 0.713. The number of nitrogens with zero attached hydrogens (tertiary/aromatic N) is 2. The van der Waals surface area contributed by atoms with Crippen LogP contribution in [0, 0.1) is 0 Å². The molecule has 2 fully saturated rings. The van der Waals surface area contributed by atoms with Crippen LogP contribution in [0.25, 0.3) is 0 Å². The molecular formula is C13H27N3. The van der Waals surface area contributed by atoms with Gasteiger partial charge in [0.05, 0.1) is 0 Å². The summed E-state index contributed by atoms with van der Waals surface area (Å²) in [6.45, 7) is 9.57. The summed E-state index contributed by atoms with van der Waals surface area (Å²) in [4.78, 5) is 5.15. The molecule has 1 saturated heterocycles. The van der Waals surface area contributed by atoms with Crippen LogP contribution in [0.3, 0.4) is 0 Å². The first-order chi connectivity index (χ1) is 7.70. The molecule has 1 saturated carbocycles. The van der Waals surface area contributed by atoms with E-state index < -0.39 is 0 Å². The zero-order chi connectivity index (χ0) is 11.5. The molecule has 3 nitrogen and oxygen atoms in total. The lowest BCUT2D eigenvalue weighted by atomic mass is 10.1. The van der Waals surface area contributed by atoms with Crippen LogP contribution in [0.2, 0.25) is 0 Å². The Kier molecular flexibility index (Phi) is 4.22. The van der Waals surface area contributed by atoms with E-state index in [1.165, 1.54) is 45.4 Å². The molecule has 1 heterocycles. The third kappa shape index (κ3) is 3.19. The average Bonchev–Trinajstić information content (AvgIpc) is 3.05. The second kappa shape index (κ2) is 5.48. The zero-order valence-corrected chi connectivity index (χ0v) is 11.1. The van der Waals surface area contributed by atoms with E-state index >= 15 is 0 Å². The van der Waals surface area contributed by atoms with Gasteiger partial charge in [0.15, 0.2) is 0 Å². The summed E-state index contributed by atoms with van der Waals surface area (Å²) in [5, 5.41) is 3.68. The van der Waals surface area contributed by atoms with Crippen LogP contribution >= 0.6 is 0 Å². The van der Waals surface area contributed by atoms with Crippen LogP contribution in [0.4, 0.5) is 0 Å². The molecule has 0 aromatic rings. The lowest BCUT2D eigenvalue weighted by molar-refractivity contribution is 0.0589. The van der Waals surface area contributed by atoms with Crippen molar-refractivity contribution in [1.29, 1.82) is 0 Å². The summed E-state index contributed by atoms with van der Waals surface area (Å²) in [5.74, 6) is 0. The Morgan fingerprint density at radius 1 is 1.31 bits per heavy atom. The first kappa shape index (κ1) is 12.3. The minimum atomic E-state index is 0.713. The van der Waals surface area contributed by atoms with Gasteiger partial charge in [-0.3, -0.25) is 4.90 Å². The molecule has 94 valence electrons. The minimum Gasteiger partial charge on any atom is -0.312 e. The Labute approximate surface area is 100 Å². The van der Waals surface area contributed by atoms with Gasteiger partial charge in [-0.05, 0) is 33.2 Å². The fraction of sp³-hybridized carbons (Fsp3) is 1.00. The van der Waals surface area contributed by atoms with Crippen molar-refractivity contribution >= 4 is 0 Å². The van der Waals surface area contributed by atoms with Crippen molar-refractivity contribution in [1.82, 2.24) is 15.1 Å². The van der Waals surface area contributed by atoms with E-state index in [4.69, 9.17) is 0 Å². The quantitative estimate of drug-likeness (QED) is 0.757. The van der Waals surface area contributed by atoms with E-state index in [0.29, 0.717) is 6.04 Å². The fourth-order valence-corrected chi connectivity index (χ4v) is 2.78. The summed E-state index contributed by atoms with van der Waals surface area (Å²) in [6.07, 6.45) is 4.07. The van der Waals surface area contributed by atoms with Gasteiger partial charge in [-0.1, -0.05) is 6.92 Å². The van der Waals surface area contributed by atoms with Gasteiger partial charge in [-0.25, -0.2) is 0 Å². The van der Waals surface area contributed by atoms with Crippen molar-refractivity contribution in [3.8, 4) is 0 Å². The molecule has 1 aliphatic carbocycles. The molecule has 1 N–H and O–H groups in total. The summed E-state index contributed by atoms with van der Waals surface area (Å²) < 4.78 is 0. The predicted octanol–water partition coefficient (Wildman–Crippen LogP) is 1.15. The average molecular weight is 225 g/mol. The van der Waals surface area contributed by atoms with Crippen LogP contribution in [-0.4, -0.2) is 61.2 Å². The Morgan fingerprint density at radius 3 is 2.62 bits per heavy atom. The smallest absolute Gasteiger partial charge is 0.0222 e. The van der Waals surface area contributed by atoms with Gasteiger partial charge in [0.1, 0.15) is 0 Å². The summed E-state index contributed by atoms with van der Waals surface area (Å²) in [5.41, 5.74) is 0. The molecule has 0 bridgehead atoms. The Bertz CT molecular complexity index is 215. The number of likely N-dealkylation sites (N-methyl/N-ethyl adjacent to an activating group) is 1. The van der Waals surface area contributed by atoms with Crippen molar-refractivity contribution in [3.63, 3.8) is 0 Å². The second-order valence-electron chi connectivity index (χ2n) is 5.59. The van der Waals surface area contributed by atoms with Crippen LogP contribution < -0.4 is 5.32 Å². The Morgan fingerprint density at radius 2 is 2.06 bits per heavy atom. The van der Waals surface area contributed by atoms with Crippen LogP contribution in [0.5, 0.6) is 0 Å². The highest BCUT2D eigenvalue weighted by atomic mass is 15.3. The lowest BCUT2D eigenvalue weighted by Gasteiger charge is -2.42. The molecule has 3 heteroatoms. The second-order valence-corrected chi connectivity index (χ2v) is 5.59. The SMILES string of the molecule is CCC(CNC1CC1)N1CCN(C)CC1C. The van der Waals surface area contributed by atoms with Gasteiger partial charge in [0, 0.05) is 44.3 Å². The maximum absolute atomic E-state index is 3.68. The normalized spacial score (nSPS) is 30.6. The molecule has 0 spiro atoms. The maximum Gasteiger partial charge on any atom is 0.0222 e. The van der Waals surface area contributed by atoms with Crippen LogP contribution in [-0.2, 0) is 0 Å². The highest BCUT2D eigenvalue weighted by molar-refractivity contribution is 4.87. The molecule has 2 aliphatic rings. The summed E-state index contributed by atoms with van der Waals surface area (Å²) >= 11 is 0. The number of nitrogens with one attached hydrogen (secondary N) is 1. The fourth-order valence-electron chi connectivity index (χ4n) is 2.78. The van der Waals surface area contributed by atoms with Gasteiger partial charge in [-0.15, -0.1) is 0 Å². The molecule has 0 aromatic heterocycles. The molecule has 0 radical (unpaired) electrons. The number of hydrogen-bond donors (Lipinski definition) is 1. The lowest BCUT2D eigenvalue weighted by Crippen LogP contribution is -2.56. The van der Waals surface area contributed by atoms with E-state index in [0.717, 1.165) is 12.1 Å². The number of rotatable bonds is 5. The molecule has 1 aliphatic heterocycles. The van der Waals surface area contributed by atoms with Gasteiger partial charge >= 0.3 is 0 Å². The first-order valence-electron chi connectivity index (χ1n) is 6.88. The Hall–Kier alpha value is -0.120. The van der Waals surface area contributed by atoms with Crippen molar-refractivity contribution in [3.05, 3.63) is 0 Å². The van der Waals surface area contributed by atoms with E-state index in [2.05, 4.69) is 36.0 Å². The summed E-state index contributed by atoms with van der Waals surface area (Å²) in [6, 6.07) is 2.30. The van der Waals surface area contributed by atoms with Gasteiger partial charge in [0.25, 0.3) is 0 Å². The molecule has 2 rings (SSSR count). The third-order valence-corrected chi connectivity index (χ3v) is 4.04. The third-order valence-electron chi connectivity index (χ3n) is 4.04. The molecule has 16 heavy (non-hydrogen) atoms. The van der Waals surface area contributed by atoms with Crippen LogP contribution in [0.15, 0.2) is 0 Å². The van der Waals surface area contributed by atoms with Crippen molar-refractivity contribution in [2.45, 2.75) is 51.2 Å². The molecule has 2 unspecified atom stereocenters. The molecule has 0 aromatic carbocycles. The van der Waals surface area contributed by atoms with Crippen molar-refractivity contribution in [2.75, 3.05) is 33.2 Å². The summed E-state index contributed by atoms with van der Waals surface area (Å²) in [7, 11) is 2.23. The van der Waals surface area contributed by atoms with Gasteiger partial charge < -0.3 is 10.2 Å². The topological polar surface area (TPSA) is 18.5 Å². The van der Waals surface area contributed by atoms with Crippen LogP contribution in [0.1, 0.15) is 33.1 Å². The highest BCUT2D eigenvalue weighted by Gasteiger charge is 2.28.